The van der Waals surface area contributed by atoms with E-state index in [2.05, 4.69) is 5.32 Å². The first-order valence-electron chi connectivity index (χ1n) is 7.89. The third kappa shape index (κ3) is 4.01. The van der Waals surface area contributed by atoms with Crippen molar-refractivity contribution < 1.29 is 18.7 Å². The van der Waals surface area contributed by atoms with Crippen molar-refractivity contribution in [2.75, 3.05) is 6.79 Å². The van der Waals surface area contributed by atoms with Crippen LogP contribution in [0.15, 0.2) is 41.0 Å². The Balaban J connectivity index is 1.77. The number of carbonyl (C=O) groups excluding carboxylic acids is 1. The highest BCUT2D eigenvalue weighted by Crippen LogP contribution is 2.33. The lowest BCUT2D eigenvalue weighted by atomic mass is 10.1. The smallest absolute Gasteiger partial charge is 0.318 e. The molecule has 24 heavy (non-hydrogen) atoms. The summed E-state index contributed by atoms with van der Waals surface area (Å²) in [6, 6.07) is 9.24. The summed E-state index contributed by atoms with van der Waals surface area (Å²) in [5, 5.41) is 2.99. The van der Waals surface area contributed by atoms with Crippen LogP contribution in [0, 0.1) is 0 Å². The molecule has 6 nitrogen and oxygen atoms in total. The number of benzene rings is 1. The van der Waals surface area contributed by atoms with E-state index in [1.807, 2.05) is 51.1 Å². The zero-order valence-electron chi connectivity index (χ0n) is 14.2. The number of hydrogen-bond donors (Lipinski definition) is 1. The summed E-state index contributed by atoms with van der Waals surface area (Å²) in [5.74, 6) is 2.18. The highest BCUT2D eigenvalue weighted by Gasteiger charge is 2.22. The van der Waals surface area contributed by atoms with E-state index in [-0.39, 0.29) is 18.4 Å². The molecule has 2 amide bonds. The summed E-state index contributed by atoms with van der Waals surface area (Å²) >= 11 is 0. The average molecular weight is 330 g/mol. The second-order valence-electron chi connectivity index (χ2n) is 6.80. The average Bonchev–Trinajstić information content (AvgIpc) is 3.15. The molecule has 0 aliphatic carbocycles. The molecule has 2 aromatic rings. The predicted molar refractivity (Wildman–Crippen MR) is 88.8 cm³/mol. The molecule has 0 radical (unpaired) electrons. The van der Waals surface area contributed by atoms with Crippen LogP contribution >= 0.6 is 0 Å². The minimum Gasteiger partial charge on any atom is -0.467 e. The van der Waals surface area contributed by atoms with Crippen LogP contribution in [-0.2, 0) is 13.1 Å². The maximum Gasteiger partial charge on any atom is 0.318 e. The number of rotatable bonds is 4. The summed E-state index contributed by atoms with van der Waals surface area (Å²) in [5.41, 5.74) is 0.655. The standard InChI is InChI=1S/C18H22N2O4/c1-18(2,3)19-17(21)20(11-14-5-4-8-22-14)10-13-6-7-15-16(9-13)24-12-23-15/h4-9H,10-12H2,1-3H3,(H,19,21). The van der Waals surface area contributed by atoms with Gasteiger partial charge in [-0.3, -0.25) is 0 Å². The Morgan fingerprint density at radius 2 is 1.96 bits per heavy atom. The Labute approximate surface area is 141 Å². The van der Waals surface area contributed by atoms with E-state index in [4.69, 9.17) is 13.9 Å². The highest BCUT2D eigenvalue weighted by molar-refractivity contribution is 5.75. The summed E-state index contributed by atoms with van der Waals surface area (Å²) in [6.07, 6.45) is 1.61. The lowest BCUT2D eigenvalue weighted by Crippen LogP contribution is -2.47. The fraction of sp³-hybridized carbons (Fsp3) is 0.389. The van der Waals surface area contributed by atoms with Crippen molar-refractivity contribution in [3.05, 3.63) is 47.9 Å². The van der Waals surface area contributed by atoms with Crippen LogP contribution in [0.5, 0.6) is 11.5 Å². The minimum atomic E-state index is -0.312. The molecule has 3 rings (SSSR count). The van der Waals surface area contributed by atoms with Gasteiger partial charge >= 0.3 is 6.03 Å². The fourth-order valence-electron chi connectivity index (χ4n) is 2.45. The van der Waals surface area contributed by atoms with Gasteiger partial charge in [-0.2, -0.15) is 0 Å². The molecule has 0 saturated carbocycles. The van der Waals surface area contributed by atoms with Crippen molar-refractivity contribution in [1.29, 1.82) is 0 Å². The van der Waals surface area contributed by atoms with E-state index in [9.17, 15) is 4.79 Å². The summed E-state index contributed by atoms with van der Waals surface area (Å²) < 4.78 is 16.1. The molecule has 6 heteroatoms. The SMILES string of the molecule is CC(C)(C)NC(=O)N(Cc1ccc2c(c1)OCO2)Cc1ccco1. The molecule has 1 aliphatic heterocycles. The molecule has 128 valence electrons. The number of nitrogens with one attached hydrogen (secondary N) is 1. The topological polar surface area (TPSA) is 63.9 Å². The van der Waals surface area contributed by atoms with E-state index >= 15 is 0 Å². The molecular formula is C18H22N2O4. The normalized spacial score (nSPS) is 13.0. The largest absolute Gasteiger partial charge is 0.467 e. The Kier molecular flexibility index (Phi) is 4.38. The number of amides is 2. The van der Waals surface area contributed by atoms with E-state index in [1.54, 1.807) is 11.2 Å². The molecule has 0 spiro atoms. The van der Waals surface area contributed by atoms with E-state index in [0.29, 0.717) is 18.8 Å². The van der Waals surface area contributed by atoms with E-state index in [1.165, 1.54) is 0 Å². The van der Waals surface area contributed by atoms with Gasteiger partial charge in [0.25, 0.3) is 0 Å². The van der Waals surface area contributed by atoms with Gasteiger partial charge in [-0.15, -0.1) is 0 Å². The second-order valence-corrected chi connectivity index (χ2v) is 6.80. The minimum absolute atomic E-state index is 0.142. The number of nitrogens with zero attached hydrogens (tertiary/aromatic N) is 1. The Morgan fingerprint density at radius 1 is 1.17 bits per heavy atom. The van der Waals surface area contributed by atoms with Gasteiger partial charge in [-0.05, 0) is 50.6 Å². The monoisotopic (exact) mass is 330 g/mol. The quantitative estimate of drug-likeness (QED) is 0.931. The molecule has 1 aliphatic rings. The zero-order chi connectivity index (χ0) is 17.2. The molecule has 0 unspecified atom stereocenters. The summed E-state index contributed by atoms with van der Waals surface area (Å²) in [7, 11) is 0. The van der Waals surface area contributed by atoms with Gasteiger partial charge in [0, 0.05) is 12.1 Å². The number of ether oxygens (including phenoxy) is 2. The van der Waals surface area contributed by atoms with Crippen LogP contribution in [0.3, 0.4) is 0 Å². The molecule has 0 atom stereocenters. The Hall–Kier alpha value is -2.63. The third-order valence-corrected chi connectivity index (χ3v) is 3.51. The van der Waals surface area contributed by atoms with Gasteiger partial charge in [0.05, 0.1) is 12.8 Å². The van der Waals surface area contributed by atoms with Crippen LogP contribution < -0.4 is 14.8 Å². The number of urea groups is 1. The predicted octanol–water partition coefficient (Wildman–Crippen LogP) is 3.52. The van der Waals surface area contributed by atoms with Gasteiger partial charge in [0.2, 0.25) is 6.79 Å². The van der Waals surface area contributed by atoms with Crippen molar-refractivity contribution in [2.45, 2.75) is 39.4 Å². The summed E-state index contributed by atoms with van der Waals surface area (Å²) in [6.45, 7) is 6.94. The van der Waals surface area contributed by atoms with E-state index in [0.717, 1.165) is 17.1 Å². The molecule has 2 heterocycles. The van der Waals surface area contributed by atoms with Crippen LogP contribution in [0.2, 0.25) is 0 Å². The first-order chi connectivity index (χ1) is 11.4. The Morgan fingerprint density at radius 3 is 2.67 bits per heavy atom. The first kappa shape index (κ1) is 16.2. The molecule has 0 bridgehead atoms. The van der Waals surface area contributed by atoms with Crippen molar-refractivity contribution in [2.24, 2.45) is 0 Å². The van der Waals surface area contributed by atoms with Gasteiger partial charge in [-0.25, -0.2) is 4.79 Å². The molecule has 0 saturated heterocycles. The Bertz CT molecular complexity index is 704. The van der Waals surface area contributed by atoms with Crippen LogP contribution in [0.25, 0.3) is 0 Å². The van der Waals surface area contributed by atoms with Crippen molar-refractivity contribution in [1.82, 2.24) is 10.2 Å². The zero-order valence-corrected chi connectivity index (χ0v) is 14.2. The summed E-state index contributed by atoms with van der Waals surface area (Å²) in [4.78, 5) is 14.4. The molecule has 1 aromatic carbocycles. The first-order valence-corrected chi connectivity index (χ1v) is 7.89. The number of carbonyl (C=O) groups is 1. The second kappa shape index (κ2) is 6.47. The van der Waals surface area contributed by atoms with Gasteiger partial charge < -0.3 is 24.1 Å². The van der Waals surface area contributed by atoms with Gasteiger partial charge in [0.1, 0.15) is 5.76 Å². The van der Waals surface area contributed by atoms with Crippen LogP contribution in [0.1, 0.15) is 32.1 Å². The number of furan rings is 1. The lowest BCUT2D eigenvalue weighted by Gasteiger charge is -2.28. The lowest BCUT2D eigenvalue weighted by molar-refractivity contribution is 0.173. The maximum absolute atomic E-state index is 12.6. The number of fused-ring (bicyclic) bond motifs is 1. The van der Waals surface area contributed by atoms with E-state index < -0.39 is 0 Å². The maximum atomic E-state index is 12.6. The highest BCUT2D eigenvalue weighted by atomic mass is 16.7. The fourth-order valence-corrected chi connectivity index (χ4v) is 2.45. The van der Waals surface area contributed by atoms with Crippen molar-refractivity contribution in [3.63, 3.8) is 0 Å². The van der Waals surface area contributed by atoms with Crippen molar-refractivity contribution in [3.8, 4) is 11.5 Å². The van der Waals surface area contributed by atoms with Crippen LogP contribution in [-0.4, -0.2) is 23.3 Å². The third-order valence-electron chi connectivity index (χ3n) is 3.51. The van der Waals surface area contributed by atoms with Crippen molar-refractivity contribution >= 4 is 6.03 Å². The molecule has 1 aromatic heterocycles. The molecule has 1 N–H and O–H groups in total. The van der Waals surface area contributed by atoms with Crippen LogP contribution in [0.4, 0.5) is 4.79 Å². The number of hydrogen-bond acceptors (Lipinski definition) is 4. The van der Waals surface area contributed by atoms with Gasteiger partial charge in [-0.1, -0.05) is 6.07 Å². The molecule has 0 fully saturated rings. The van der Waals surface area contributed by atoms with Gasteiger partial charge in [0.15, 0.2) is 11.5 Å². The molecular weight excluding hydrogens is 308 g/mol.